The summed E-state index contributed by atoms with van der Waals surface area (Å²) in [5, 5.41) is 3.30. The number of rotatable bonds is 2. The summed E-state index contributed by atoms with van der Waals surface area (Å²) in [5.74, 6) is 0. The molecule has 0 atom stereocenters. The van der Waals surface area contributed by atoms with Crippen LogP contribution in [0.2, 0.25) is 0 Å². The van der Waals surface area contributed by atoms with Crippen molar-refractivity contribution < 1.29 is 0 Å². The van der Waals surface area contributed by atoms with Crippen molar-refractivity contribution in [1.82, 2.24) is 9.78 Å². The van der Waals surface area contributed by atoms with Crippen molar-refractivity contribution in [3.05, 3.63) is 55.9 Å². The number of fused-ring (bicyclic) bond motifs is 1. The lowest BCUT2D eigenvalue weighted by molar-refractivity contribution is 0.629. The van der Waals surface area contributed by atoms with Crippen LogP contribution < -0.4 is 5.56 Å². The molecule has 0 saturated heterocycles. The number of nitrogens with zero attached hydrogens (tertiary/aromatic N) is 1. The van der Waals surface area contributed by atoms with Crippen molar-refractivity contribution in [2.75, 3.05) is 0 Å². The first-order chi connectivity index (χ1) is 9.25. The van der Waals surface area contributed by atoms with Crippen LogP contribution in [0.5, 0.6) is 0 Å². The van der Waals surface area contributed by atoms with Gasteiger partial charge in [0.25, 0.3) is 5.56 Å². The molecule has 0 bridgehead atoms. The first kappa shape index (κ1) is 12.7. The van der Waals surface area contributed by atoms with E-state index in [9.17, 15) is 4.79 Å². The highest BCUT2D eigenvalue weighted by Gasteiger charge is 2.16. The van der Waals surface area contributed by atoms with Crippen molar-refractivity contribution >= 4 is 15.9 Å². The van der Waals surface area contributed by atoms with Crippen LogP contribution in [0.4, 0.5) is 0 Å². The third-order valence-corrected chi connectivity index (χ3v) is 4.55. The monoisotopic (exact) mass is 320 g/mol. The maximum atomic E-state index is 12.4. The molecule has 0 unspecified atom stereocenters. The van der Waals surface area contributed by atoms with Gasteiger partial charge < -0.3 is 0 Å². The lowest BCUT2D eigenvalue weighted by Gasteiger charge is -2.05. The highest BCUT2D eigenvalue weighted by molar-refractivity contribution is 9.10. The minimum Gasteiger partial charge on any atom is -0.299 e. The number of H-pyrrole nitrogens is 1. The molecule has 1 aliphatic carbocycles. The largest absolute Gasteiger partial charge is 0.299 e. The van der Waals surface area contributed by atoms with Crippen molar-refractivity contribution in [2.24, 2.45) is 0 Å². The molecule has 1 aromatic carbocycles. The van der Waals surface area contributed by atoms with Crippen LogP contribution in [0.1, 0.15) is 36.1 Å². The second kappa shape index (κ2) is 5.37. The maximum Gasteiger partial charge on any atom is 0.270 e. The molecule has 1 heterocycles. The first-order valence-corrected chi connectivity index (χ1v) is 7.59. The molecule has 0 aliphatic heterocycles. The van der Waals surface area contributed by atoms with Crippen LogP contribution in [-0.4, -0.2) is 9.78 Å². The van der Waals surface area contributed by atoms with Crippen LogP contribution in [0.3, 0.4) is 0 Å². The molecule has 1 N–H and O–H groups in total. The molecular weight excluding hydrogens is 304 g/mol. The molecular formula is C15H17BrN2O. The SMILES string of the molecule is O=c1c2c([nH]n1Cc1ccccc1Br)CCCCC2. The van der Waals surface area contributed by atoms with Crippen molar-refractivity contribution in [3.63, 3.8) is 0 Å². The fourth-order valence-electron chi connectivity index (χ4n) is 2.73. The van der Waals surface area contributed by atoms with E-state index in [-0.39, 0.29) is 5.56 Å². The number of aromatic nitrogens is 2. The normalized spacial score (nSPS) is 15.0. The fourth-order valence-corrected chi connectivity index (χ4v) is 3.14. The van der Waals surface area contributed by atoms with Gasteiger partial charge in [0, 0.05) is 15.7 Å². The van der Waals surface area contributed by atoms with E-state index in [1.54, 1.807) is 4.68 Å². The fraction of sp³-hybridized carbons (Fsp3) is 0.400. The van der Waals surface area contributed by atoms with Gasteiger partial charge >= 0.3 is 0 Å². The molecule has 0 spiro atoms. The molecule has 3 nitrogen and oxygen atoms in total. The molecule has 100 valence electrons. The Labute approximate surface area is 120 Å². The van der Waals surface area contributed by atoms with Gasteiger partial charge in [-0.1, -0.05) is 40.5 Å². The quantitative estimate of drug-likeness (QED) is 0.847. The Kier molecular flexibility index (Phi) is 3.60. The molecule has 0 fully saturated rings. The minimum atomic E-state index is 0.160. The standard InChI is InChI=1S/C15H17BrN2O/c16-13-8-5-4-6-11(13)10-18-15(19)12-7-2-1-3-9-14(12)17-18/h4-6,8,17H,1-3,7,9-10H2. The number of benzene rings is 1. The Morgan fingerprint density at radius 3 is 2.79 bits per heavy atom. The highest BCUT2D eigenvalue weighted by Crippen LogP contribution is 2.19. The van der Waals surface area contributed by atoms with Gasteiger partial charge in [0.15, 0.2) is 0 Å². The first-order valence-electron chi connectivity index (χ1n) is 6.79. The summed E-state index contributed by atoms with van der Waals surface area (Å²) in [4.78, 5) is 12.4. The van der Waals surface area contributed by atoms with E-state index < -0.39 is 0 Å². The Morgan fingerprint density at radius 2 is 1.95 bits per heavy atom. The highest BCUT2D eigenvalue weighted by atomic mass is 79.9. The third kappa shape index (κ3) is 2.54. The van der Waals surface area contributed by atoms with Gasteiger partial charge in [0.05, 0.1) is 6.54 Å². The van der Waals surface area contributed by atoms with Crippen LogP contribution in [0.15, 0.2) is 33.5 Å². The lowest BCUT2D eigenvalue weighted by atomic mass is 10.1. The van der Waals surface area contributed by atoms with Crippen LogP contribution >= 0.6 is 15.9 Å². The zero-order chi connectivity index (χ0) is 13.2. The third-order valence-electron chi connectivity index (χ3n) is 3.78. The number of aromatic amines is 1. The summed E-state index contributed by atoms with van der Waals surface area (Å²) in [6.07, 6.45) is 5.48. The number of aryl methyl sites for hydroxylation is 1. The smallest absolute Gasteiger partial charge is 0.270 e. The predicted octanol–water partition coefficient (Wildman–Crippen LogP) is 3.26. The van der Waals surface area contributed by atoms with Crippen molar-refractivity contribution in [3.8, 4) is 0 Å². The molecule has 4 heteroatoms. The molecule has 0 radical (unpaired) electrons. The maximum absolute atomic E-state index is 12.4. The van der Waals surface area contributed by atoms with Gasteiger partial charge in [-0.05, 0) is 37.3 Å². The van der Waals surface area contributed by atoms with Crippen molar-refractivity contribution in [2.45, 2.75) is 38.6 Å². The summed E-state index contributed by atoms with van der Waals surface area (Å²) >= 11 is 3.53. The molecule has 0 saturated carbocycles. The molecule has 2 aromatic rings. The summed E-state index contributed by atoms with van der Waals surface area (Å²) in [6.45, 7) is 0.604. The van der Waals surface area contributed by atoms with E-state index in [4.69, 9.17) is 0 Å². The van der Waals surface area contributed by atoms with Crippen LogP contribution in [-0.2, 0) is 19.4 Å². The molecule has 3 rings (SSSR count). The number of hydrogen-bond acceptors (Lipinski definition) is 1. The summed E-state index contributed by atoms with van der Waals surface area (Å²) in [5.41, 5.74) is 3.44. The number of nitrogens with one attached hydrogen (secondary N) is 1. The number of hydrogen-bond donors (Lipinski definition) is 1. The van der Waals surface area contributed by atoms with Gasteiger partial charge in [0.2, 0.25) is 0 Å². The molecule has 0 amide bonds. The molecule has 1 aliphatic rings. The van der Waals surface area contributed by atoms with E-state index in [0.29, 0.717) is 6.54 Å². The zero-order valence-electron chi connectivity index (χ0n) is 10.8. The Morgan fingerprint density at radius 1 is 1.16 bits per heavy atom. The summed E-state index contributed by atoms with van der Waals surface area (Å²) in [7, 11) is 0. The number of halogens is 1. The minimum absolute atomic E-state index is 0.160. The van der Waals surface area contributed by atoms with Gasteiger partial charge in [-0.3, -0.25) is 9.89 Å². The van der Waals surface area contributed by atoms with E-state index >= 15 is 0 Å². The summed E-state index contributed by atoms with van der Waals surface area (Å²) in [6, 6.07) is 8.04. The van der Waals surface area contributed by atoms with Gasteiger partial charge in [0.1, 0.15) is 0 Å². The zero-order valence-corrected chi connectivity index (χ0v) is 12.4. The van der Waals surface area contributed by atoms with Gasteiger partial charge in [-0.25, -0.2) is 4.68 Å². The second-order valence-electron chi connectivity index (χ2n) is 5.11. The van der Waals surface area contributed by atoms with E-state index in [0.717, 1.165) is 40.6 Å². The topological polar surface area (TPSA) is 37.8 Å². The van der Waals surface area contributed by atoms with Crippen molar-refractivity contribution in [1.29, 1.82) is 0 Å². The van der Waals surface area contributed by atoms with E-state index in [2.05, 4.69) is 21.0 Å². The van der Waals surface area contributed by atoms with Crippen LogP contribution in [0.25, 0.3) is 0 Å². The second-order valence-corrected chi connectivity index (χ2v) is 5.97. The van der Waals surface area contributed by atoms with E-state index in [1.165, 1.54) is 12.8 Å². The lowest BCUT2D eigenvalue weighted by Crippen LogP contribution is -2.20. The Balaban J connectivity index is 1.94. The van der Waals surface area contributed by atoms with Gasteiger partial charge in [-0.2, -0.15) is 0 Å². The predicted molar refractivity (Wildman–Crippen MR) is 79.6 cm³/mol. The van der Waals surface area contributed by atoms with Gasteiger partial charge in [-0.15, -0.1) is 0 Å². The Hall–Kier alpha value is -1.29. The molecule has 1 aromatic heterocycles. The van der Waals surface area contributed by atoms with Crippen LogP contribution in [0, 0.1) is 0 Å². The molecule has 19 heavy (non-hydrogen) atoms. The average Bonchev–Trinajstić information content (AvgIpc) is 2.60. The Bertz CT molecular complexity index is 642. The van der Waals surface area contributed by atoms with E-state index in [1.807, 2.05) is 24.3 Å². The average molecular weight is 321 g/mol. The summed E-state index contributed by atoms with van der Waals surface area (Å²) < 4.78 is 2.79.